The van der Waals surface area contributed by atoms with Gasteiger partial charge in [-0.25, -0.2) is 0 Å². The number of hydrogen-bond donors (Lipinski definition) is 2. The number of likely N-dealkylation sites (tertiary alicyclic amines) is 1. The molecule has 3 aromatic rings. The van der Waals surface area contributed by atoms with E-state index in [4.69, 9.17) is 21.1 Å². The number of amides is 3. The number of carbonyl (C=O) groups is 3. The number of halogens is 1. The average molecular weight is 731 g/mol. The molecule has 0 saturated carbocycles. The van der Waals surface area contributed by atoms with Crippen LogP contribution < -0.4 is 25.0 Å². The van der Waals surface area contributed by atoms with Gasteiger partial charge in [0.1, 0.15) is 5.75 Å². The molecule has 0 aromatic heterocycles. The number of methoxy groups -OCH3 is 1. The van der Waals surface area contributed by atoms with Crippen LogP contribution in [0.2, 0.25) is 23.7 Å². The van der Waals surface area contributed by atoms with Crippen LogP contribution in [0.5, 0.6) is 5.75 Å². The minimum absolute atomic E-state index is 0.0114. The number of piperazine rings is 1. The Morgan fingerprint density at radius 1 is 1.10 bits per heavy atom. The highest BCUT2D eigenvalue weighted by Gasteiger charge is 2.66. The Kier molecular flexibility index (Phi) is 9.79. The highest BCUT2D eigenvalue weighted by molar-refractivity contribution is 6.91. The molecule has 7 rings (SSSR count). The zero-order valence-electron chi connectivity index (χ0n) is 29.7. The van der Waals surface area contributed by atoms with Gasteiger partial charge >= 0.3 is 0 Å². The second kappa shape index (κ2) is 14.0. The Bertz CT molecular complexity index is 1820. The number of aliphatic hydroxyl groups is 1. The molecule has 10 nitrogen and oxygen atoms in total. The number of fused-ring (bicyclic) bond motifs is 2. The molecule has 4 aliphatic rings. The summed E-state index contributed by atoms with van der Waals surface area (Å²) in [7, 11) is -0.827. The fourth-order valence-corrected chi connectivity index (χ4v) is 13.4. The van der Waals surface area contributed by atoms with Crippen LogP contribution in [-0.2, 0) is 31.3 Å². The summed E-state index contributed by atoms with van der Waals surface area (Å²) in [6, 6.07) is 21.3. The number of rotatable bonds is 9. The molecule has 12 heteroatoms. The normalized spacial score (nSPS) is 26.4. The number of anilines is 2. The number of aliphatic hydroxyl groups excluding tert-OH is 1. The van der Waals surface area contributed by atoms with E-state index in [0.717, 1.165) is 41.1 Å². The molecule has 5 atom stereocenters. The van der Waals surface area contributed by atoms with Gasteiger partial charge in [-0.3, -0.25) is 14.4 Å². The van der Waals surface area contributed by atoms with Gasteiger partial charge in [-0.05, 0) is 66.4 Å². The minimum atomic E-state index is -2.47. The fraction of sp³-hybridized carbons (Fsp3) is 0.462. The quantitative estimate of drug-likeness (QED) is 0.314. The maximum Gasteiger partial charge on any atom is 0.264 e. The Labute approximate surface area is 305 Å². The number of nitrogens with one attached hydrogen (secondary N) is 1. The molecular weight excluding hydrogens is 684 g/mol. The highest BCUT2D eigenvalue weighted by atomic mass is 35.5. The maximum absolute atomic E-state index is 15.2. The number of ether oxygens (including phenoxy) is 2. The number of benzene rings is 3. The molecule has 3 amide bonds. The molecule has 1 spiro atoms. The topological polar surface area (TPSA) is 112 Å². The van der Waals surface area contributed by atoms with Gasteiger partial charge in [0.2, 0.25) is 11.8 Å². The summed E-state index contributed by atoms with van der Waals surface area (Å²) >= 11 is 6.68. The summed E-state index contributed by atoms with van der Waals surface area (Å²) in [6.45, 7) is 9.07. The summed E-state index contributed by atoms with van der Waals surface area (Å²) in [5.74, 6) is 0.244. The van der Waals surface area contributed by atoms with Crippen LogP contribution in [0.15, 0.2) is 66.7 Å². The lowest BCUT2D eigenvalue weighted by Gasteiger charge is -2.37. The van der Waals surface area contributed by atoms with Gasteiger partial charge in [-0.1, -0.05) is 61.1 Å². The Morgan fingerprint density at radius 3 is 2.61 bits per heavy atom. The van der Waals surface area contributed by atoms with Gasteiger partial charge in [0, 0.05) is 41.8 Å². The summed E-state index contributed by atoms with van der Waals surface area (Å²) < 4.78 is 12.6. The molecule has 0 aliphatic carbocycles. The molecule has 0 unspecified atom stereocenters. The van der Waals surface area contributed by atoms with E-state index in [1.807, 2.05) is 48.5 Å². The van der Waals surface area contributed by atoms with Crippen LogP contribution in [-0.4, -0.2) is 87.8 Å². The van der Waals surface area contributed by atoms with Gasteiger partial charge in [-0.15, -0.1) is 0 Å². The van der Waals surface area contributed by atoms with Crippen molar-refractivity contribution in [1.29, 1.82) is 0 Å². The lowest BCUT2D eigenvalue weighted by atomic mass is 9.82. The predicted octanol–water partition coefficient (Wildman–Crippen LogP) is 4.42. The van der Waals surface area contributed by atoms with Crippen molar-refractivity contribution in [2.24, 2.45) is 5.92 Å². The van der Waals surface area contributed by atoms with Crippen molar-refractivity contribution in [3.05, 3.63) is 82.9 Å². The summed E-state index contributed by atoms with van der Waals surface area (Å²) in [6.07, 6.45) is 1.19. The third-order valence-electron chi connectivity index (χ3n) is 11.7. The fourth-order valence-electron chi connectivity index (χ4n) is 9.17. The second-order valence-corrected chi connectivity index (χ2v) is 20.0. The lowest BCUT2D eigenvalue weighted by molar-refractivity contribution is -0.150. The van der Waals surface area contributed by atoms with Gasteiger partial charge in [0.15, 0.2) is 5.60 Å². The number of hydrogen-bond acceptors (Lipinski definition) is 7. The summed E-state index contributed by atoms with van der Waals surface area (Å²) in [4.78, 5) is 47.3. The van der Waals surface area contributed by atoms with Crippen LogP contribution in [0.25, 0.3) is 0 Å². The zero-order chi connectivity index (χ0) is 36.1. The highest BCUT2D eigenvalue weighted by Crippen LogP contribution is 2.60. The van der Waals surface area contributed by atoms with Gasteiger partial charge in [-0.2, -0.15) is 0 Å². The molecule has 4 heterocycles. The molecule has 51 heavy (non-hydrogen) atoms. The summed E-state index contributed by atoms with van der Waals surface area (Å²) in [5.41, 5.74) is 1.65. The first-order chi connectivity index (χ1) is 24.5. The van der Waals surface area contributed by atoms with Crippen molar-refractivity contribution in [1.82, 2.24) is 10.2 Å². The first kappa shape index (κ1) is 35.7. The first-order valence-corrected chi connectivity index (χ1v) is 21.4. The zero-order valence-corrected chi connectivity index (χ0v) is 31.5. The average Bonchev–Trinajstić information content (AvgIpc) is 3.79. The molecule has 0 radical (unpaired) electrons. The van der Waals surface area contributed by atoms with Crippen LogP contribution in [0.1, 0.15) is 37.3 Å². The van der Waals surface area contributed by atoms with Crippen molar-refractivity contribution in [3.8, 4) is 5.75 Å². The van der Waals surface area contributed by atoms with Gasteiger partial charge in [0.05, 0.1) is 59.1 Å². The predicted molar refractivity (Wildman–Crippen MR) is 200 cm³/mol. The smallest absolute Gasteiger partial charge is 0.264 e. The minimum Gasteiger partial charge on any atom is -0.497 e. The van der Waals surface area contributed by atoms with Crippen molar-refractivity contribution in [2.45, 2.75) is 69.1 Å². The van der Waals surface area contributed by atoms with E-state index >= 15 is 4.79 Å². The van der Waals surface area contributed by atoms with E-state index in [9.17, 15) is 14.7 Å². The standard InChI is InChI=1S/C39H47ClN4O6Si/c1-25-37(51(3,4)31-13-11-30(49-2)12-14-31)34(21-35(46)42-17-6-9-29(42)24-45)50-39(25)32-20-27(40)10-15-33(32)44(38(39)48)23-26-7-5-8-28(19-26)43-18-16-41-22-36(43)47/h5,7-8,10-15,19-20,25,29,34,37,41,45H,6,9,16-18,21-24H2,1-4H3/t25-,29-,34+,37-,39+/m0/s1. The SMILES string of the molecule is COc1ccc([Si](C)(C)[C@@H]2[C@@H](CC(=O)N3CCC[C@H]3CO)O[C@]3(C(=O)N(Cc4cccc(N5CCNCC5=O)c4)c4ccc(Cl)cc43)[C@H]2C)cc1. The molecule has 3 aromatic carbocycles. The number of carbonyl (C=O) groups excluding carboxylic acids is 3. The monoisotopic (exact) mass is 730 g/mol. The first-order valence-electron chi connectivity index (χ1n) is 17.9. The third-order valence-corrected chi connectivity index (χ3v) is 16.3. The largest absolute Gasteiger partial charge is 0.497 e. The molecule has 0 bridgehead atoms. The van der Waals surface area contributed by atoms with E-state index in [1.165, 1.54) is 5.19 Å². The maximum atomic E-state index is 15.2. The lowest BCUT2D eigenvalue weighted by Crippen LogP contribution is -2.52. The van der Waals surface area contributed by atoms with E-state index in [2.05, 4.69) is 37.5 Å². The van der Waals surface area contributed by atoms with Crippen LogP contribution in [0, 0.1) is 5.92 Å². The second-order valence-electron chi connectivity index (χ2n) is 14.9. The molecule has 2 N–H and O–H groups in total. The molecular formula is C39H47ClN4O6Si. The third kappa shape index (κ3) is 6.16. The van der Waals surface area contributed by atoms with E-state index in [0.29, 0.717) is 31.2 Å². The molecule has 4 aliphatic heterocycles. The van der Waals surface area contributed by atoms with Crippen LogP contribution in [0.3, 0.4) is 0 Å². The molecule has 270 valence electrons. The van der Waals surface area contributed by atoms with E-state index in [1.54, 1.807) is 27.9 Å². The molecule has 3 fully saturated rings. The van der Waals surface area contributed by atoms with Crippen LogP contribution in [0.4, 0.5) is 11.4 Å². The summed E-state index contributed by atoms with van der Waals surface area (Å²) in [5, 5.41) is 14.8. The molecule has 3 saturated heterocycles. The Hall–Kier alpha value is -3.74. The van der Waals surface area contributed by atoms with E-state index in [-0.39, 0.29) is 54.8 Å². The van der Waals surface area contributed by atoms with Crippen LogP contribution >= 0.6 is 11.6 Å². The van der Waals surface area contributed by atoms with Crippen molar-refractivity contribution in [3.63, 3.8) is 0 Å². The van der Waals surface area contributed by atoms with Gasteiger partial charge in [0.25, 0.3) is 5.91 Å². The van der Waals surface area contributed by atoms with E-state index < -0.39 is 19.8 Å². The Morgan fingerprint density at radius 2 is 1.88 bits per heavy atom. The van der Waals surface area contributed by atoms with Gasteiger partial charge < -0.3 is 34.6 Å². The number of nitrogens with zero attached hydrogens (tertiary/aromatic N) is 3. The van der Waals surface area contributed by atoms with Crippen molar-refractivity contribution < 1.29 is 29.0 Å². The van der Waals surface area contributed by atoms with Crippen molar-refractivity contribution in [2.75, 3.05) is 49.7 Å². The Balaban J connectivity index is 1.28. The van der Waals surface area contributed by atoms with Crippen molar-refractivity contribution >= 4 is 54.0 Å².